The van der Waals surface area contributed by atoms with Crippen molar-refractivity contribution in [1.82, 2.24) is 0 Å². The van der Waals surface area contributed by atoms with Gasteiger partial charge in [0.05, 0.1) is 10.7 Å². The molecule has 92 valence electrons. The molecule has 1 aliphatic carbocycles. The lowest BCUT2D eigenvalue weighted by Crippen LogP contribution is -2.27. The van der Waals surface area contributed by atoms with Crippen molar-refractivity contribution in [2.45, 2.75) is 26.2 Å². The summed E-state index contributed by atoms with van der Waals surface area (Å²) in [5.74, 6) is 0.789. The summed E-state index contributed by atoms with van der Waals surface area (Å²) in [4.78, 5) is 13.4. The van der Waals surface area contributed by atoms with E-state index in [-0.39, 0.29) is 0 Å². The van der Waals surface area contributed by atoms with Gasteiger partial charge in [-0.1, -0.05) is 24.6 Å². The molecule has 1 saturated carbocycles. The van der Waals surface area contributed by atoms with Crippen LogP contribution in [-0.4, -0.2) is 19.4 Å². The maximum Gasteiger partial charge on any atom is 0.152 e. The number of para-hydroxylation sites is 1. The van der Waals surface area contributed by atoms with Crippen LogP contribution in [-0.2, 0) is 0 Å². The van der Waals surface area contributed by atoms with E-state index >= 15 is 0 Å². The number of carbonyl (C=O) groups is 1. The monoisotopic (exact) mass is 251 g/mol. The van der Waals surface area contributed by atoms with Crippen LogP contribution in [0.15, 0.2) is 18.2 Å². The molecule has 0 N–H and O–H groups in total. The van der Waals surface area contributed by atoms with Crippen LogP contribution in [0.1, 0.15) is 36.5 Å². The lowest BCUT2D eigenvalue weighted by Gasteiger charge is -2.26. The highest BCUT2D eigenvalue weighted by atomic mass is 35.5. The average Bonchev–Trinajstić information content (AvgIpc) is 3.12. The summed E-state index contributed by atoms with van der Waals surface area (Å²) in [7, 11) is 0. The van der Waals surface area contributed by atoms with E-state index in [1.807, 2.05) is 18.2 Å². The number of halogens is 1. The van der Waals surface area contributed by atoms with E-state index in [9.17, 15) is 4.79 Å². The molecular weight excluding hydrogens is 234 g/mol. The minimum absolute atomic E-state index is 0.684. The number of anilines is 1. The Bertz CT molecular complexity index is 401. The number of rotatable bonds is 6. The second-order valence-corrected chi connectivity index (χ2v) is 5.09. The maximum atomic E-state index is 11.1. The predicted octanol–water partition coefficient (Wildman–Crippen LogP) is 3.78. The van der Waals surface area contributed by atoms with E-state index in [0.29, 0.717) is 10.6 Å². The van der Waals surface area contributed by atoms with E-state index in [4.69, 9.17) is 11.6 Å². The van der Waals surface area contributed by atoms with Crippen molar-refractivity contribution in [3.8, 4) is 0 Å². The molecule has 0 aliphatic heterocycles. The Balaban J connectivity index is 2.28. The molecule has 0 atom stereocenters. The van der Waals surface area contributed by atoms with Gasteiger partial charge in [0.1, 0.15) is 0 Å². The molecule has 17 heavy (non-hydrogen) atoms. The first-order chi connectivity index (χ1) is 8.26. The summed E-state index contributed by atoms with van der Waals surface area (Å²) < 4.78 is 0. The van der Waals surface area contributed by atoms with Crippen LogP contribution in [0.25, 0.3) is 0 Å². The third kappa shape index (κ3) is 3.01. The summed E-state index contributed by atoms with van der Waals surface area (Å²) in [6, 6.07) is 5.53. The predicted molar refractivity (Wildman–Crippen MR) is 72.1 cm³/mol. The number of hydrogen-bond acceptors (Lipinski definition) is 2. The number of carbonyl (C=O) groups excluding carboxylic acids is 1. The molecule has 0 radical (unpaired) electrons. The summed E-state index contributed by atoms with van der Waals surface area (Å²) in [6.45, 7) is 4.14. The summed E-state index contributed by atoms with van der Waals surface area (Å²) in [6.07, 6.45) is 4.58. The normalized spacial score (nSPS) is 14.7. The quantitative estimate of drug-likeness (QED) is 0.717. The van der Waals surface area contributed by atoms with E-state index in [1.165, 1.54) is 12.8 Å². The Morgan fingerprint density at radius 3 is 2.82 bits per heavy atom. The molecule has 3 heteroatoms. The molecule has 0 heterocycles. The van der Waals surface area contributed by atoms with Crippen LogP contribution in [0, 0.1) is 5.92 Å². The highest BCUT2D eigenvalue weighted by Crippen LogP contribution is 2.35. The van der Waals surface area contributed by atoms with Crippen LogP contribution < -0.4 is 4.90 Å². The lowest BCUT2D eigenvalue weighted by atomic mass is 10.1. The molecule has 0 unspecified atom stereocenters. The van der Waals surface area contributed by atoms with Gasteiger partial charge < -0.3 is 4.90 Å². The van der Waals surface area contributed by atoms with Crippen molar-refractivity contribution in [1.29, 1.82) is 0 Å². The number of aldehydes is 1. The van der Waals surface area contributed by atoms with Crippen LogP contribution in [0.4, 0.5) is 5.69 Å². The standard InChI is InChI=1S/C14H18ClNO/c1-2-8-16(9-11-6-7-11)14-12(10-17)4-3-5-13(14)15/h3-5,10-11H,2,6-9H2,1H3. The number of nitrogens with zero attached hydrogens (tertiary/aromatic N) is 1. The van der Waals surface area contributed by atoms with Gasteiger partial charge >= 0.3 is 0 Å². The summed E-state index contributed by atoms with van der Waals surface area (Å²) >= 11 is 6.24. The minimum Gasteiger partial charge on any atom is -0.369 e. The zero-order valence-corrected chi connectivity index (χ0v) is 10.9. The Hall–Kier alpha value is -1.02. The van der Waals surface area contributed by atoms with Gasteiger partial charge in [-0.2, -0.15) is 0 Å². The molecular formula is C14H18ClNO. The molecule has 0 amide bonds. The largest absolute Gasteiger partial charge is 0.369 e. The molecule has 0 bridgehead atoms. The van der Waals surface area contributed by atoms with Crippen molar-refractivity contribution in [3.05, 3.63) is 28.8 Å². The van der Waals surface area contributed by atoms with Crippen LogP contribution in [0.5, 0.6) is 0 Å². The first kappa shape index (κ1) is 12.4. The topological polar surface area (TPSA) is 20.3 Å². The van der Waals surface area contributed by atoms with Gasteiger partial charge in [-0.05, 0) is 37.3 Å². The molecule has 1 aromatic carbocycles. The fraction of sp³-hybridized carbons (Fsp3) is 0.500. The van der Waals surface area contributed by atoms with Gasteiger partial charge in [-0.25, -0.2) is 0 Å². The molecule has 2 rings (SSSR count). The summed E-state index contributed by atoms with van der Waals surface area (Å²) in [5.41, 5.74) is 1.62. The first-order valence-corrected chi connectivity index (χ1v) is 6.62. The Morgan fingerprint density at radius 1 is 1.47 bits per heavy atom. The van der Waals surface area contributed by atoms with Crippen molar-refractivity contribution < 1.29 is 4.79 Å². The molecule has 0 saturated heterocycles. The van der Waals surface area contributed by atoms with Gasteiger partial charge in [-0.15, -0.1) is 0 Å². The number of benzene rings is 1. The van der Waals surface area contributed by atoms with Gasteiger partial charge in [0, 0.05) is 18.7 Å². The summed E-state index contributed by atoms with van der Waals surface area (Å²) in [5, 5.41) is 0.684. The molecule has 1 aliphatic rings. The van der Waals surface area contributed by atoms with Crippen LogP contribution in [0.3, 0.4) is 0 Å². The van der Waals surface area contributed by atoms with E-state index < -0.39 is 0 Å². The Morgan fingerprint density at radius 2 is 2.24 bits per heavy atom. The van der Waals surface area contributed by atoms with Crippen molar-refractivity contribution >= 4 is 23.6 Å². The van der Waals surface area contributed by atoms with E-state index in [0.717, 1.165) is 37.4 Å². The molecule has 1 aromatic rings. The van der Waals surface area contributed by atoms with Crippen molar-refractivity contribution in [3.63, 3.8) is 0 Å². The van der Waals surface area contributed by atoms with Crippen molar-refractivity contribution in [2.75, 3.05) is 18.0 Å². The van der Waals surface area contributed by atoms with Crippen LogP contribution in [0.2, 0.25) is 5.02 Å². The molecule has 2 nitrogen and oxygen atoms in total. The third-order valence-electron chi connectivity index (χ3n) is 3.13. The lowest BCUT2D eigenvalue weighted by molar-refractivity contribution is 0.112. The fourth-order valence-electron chi connectivity index (χ4n) is 2.14. The molecule has 1 fully saturated rings. The third-order valence-corrected chi connectivity index (χ3v) is 3.44. The van der Waals surface area contributed by atoms with Gasteiger partial charge in [0.25, 0.3) is 0 Å². The highest BCUT2D eigenvalue weighted by Gasteiger charge is 2.25. The zero-order chi connectivity index (χ0) is 12.3. The Labute approximate surface area is 108 Å². The SMILES string of the molecule is CCCN(CC1CC1)c1c(Cl)cccc1C=O. The van der Waals surface area contributed by atoms with E-state index in [2.05, 4.69) is 11.8 Å². The van der Waals surface area contributed by atoms with E-state index in [1.54, 1.807) is 0 Å². The van der Waals surface area contributed by atoms with Crippen molar-refractivity contribution in [2.24, 2.45) is 5.92 Å². The minimum atomic E-state index is 0.684. The Kier molecular flexibility index (Phi) is 4.06. The van der Waals surface area contributed by atoms with Gasteiger partial charge in [-0.3, -0.25) is 4.79 Å². The fourth-order valence-corrected chi connectivity index (χ4v) is 2.44. The molecule has 0 aromatic heterocycles. The second-order valence-electron chi connectivity index (χ2n) is 4.68. The maximum absolute atomic E-state index is 11.1. The van der Waals surface area contributed by atoms with Gasteiger partial charge in [0.15, 0.2) is 6.29 Å². The molecule has 0 spiro atoms. The first-order valence-electron chi connectivity index (χ1n) is 6.25. The zero-order valence-electron chi connectivity index (χ0n) is 10.2. The average molecular weight is 252 g/mol. The second kappa shape index (κ2) is 5.54. The number of hydrogen-bond donors (Lipinski definition) is 0. The van der Waals surface area contributed by atoms with Gasteiger partial charge in [0.2, 0.25) is 0 Å². The highest BCUT2D eigenvalue weighted by molar-refractivity contribution is 6.33. The smallest absolute Gasteiger partial charge is 0.152 e. The van der Waals surface area contributed by atoms with Crippen LogP contribution >= 0.6 is 11.6 Å².